The van der Waals surface area contributed by atoms with E-state index in [1.165, 1.54) is 25.7 Å². The van der Waals surface area contributed by atoms with Crippen molar-refractivity contribution >= 4 is 17.3 Å². The summed E-state index contributed by atoms with van der Waals surface area (Å²) < 4.78 is 5.59. The van der Waals surface area contributed by atoms with Crippen LogP contribution in [0.15, 0.2) is 24.3 Å². The Labute approximate surface area is 144 Å². The number of hydrogen-bond acceptors (Lipinski definition) is 3. The highest BCUT2D eigenvalue weighted by Gasteiger charge is 2.18. The standard InChI is InChI=1S/C19H29N3O2/c23-19(15-20-14-16-8-7-13-24-16)21-17-9-3-4-10-18(17)22-11-5-1-2-6-12-22/h3-4,9-10,16,20H,1-2,5-8,11-15H2,(H,21,23)/p+1/t16-/m0/s1. The highest BCUT2D eigenvalue weighted by molar-refractivity contribution is 5.94. The van der Waals surface area contributed by atoms with Crippen molar-refractivity contribution in [1.82, 2.24) is 0 Å². The average molecular weight is 332 g/mol. The molecule has 24 heavy (non-hydrogen) atoms. The highest BCUT2D eigenvalue weighted by atomic mass is 16.5. The average Bonchev–Trinajstić information content (AvgIpc) is 2.96. The third-order valence-corrected chi connectivity index (χ3v) is 4.91. The number of nitrogens with zero attached hydrogens (tertiary/aromatic N) is 1. The van der Waals surface area contributed by atoms with Crippen molar-refractivity contribution < 1.29 is 14.8 Å². The van der Waals surface area contributed by atoms with Gasteiger partial charge in [-0.25, -0.2) is 0 Å². The molecule has 5 heteroatoms. The summed E-state index contributed by atoms with van der Waals surface area (Å²) in [4.78, 5) is 14.7. The van der Waals surface area contributed by atoms with Crippen LogP contribution in [0.25, 0.3) is 0 Å². The van der Waals surface area contributed by atoms with Crippen LogP contribution < -0.4 is 15.5 Å². The van der Waals surface area contributed by atoms with Gasteiger partial charge in [-0.3, -0.25) is 4.79 Å². The van der Waals surface area contributed by atoms with Crippen LogP contribution in [-0.2, 0) is 9.53 Å². The van der Waals surface area contributed by atoms with E-state index in [9.17, 15) is 4.79 Å². The van der Waals surface area contributed by atoms with E-state index in [0.717, 1.165) is 50.5 Å². The number of quaternary nitrogens is 1. The smallest absolute Gasteiger partial charge is 0.279 e. The number of nitrogens with two attached hydrogens (primary N) is 1. The summed E-state index contributed by atoms with van der Waals surface area (Å²) in [5, 5.41) is 5.16. The Kier molecular flexibility index (Phi) is 6.49. The molecule has 2 heterocycles. The van der Waals surface area contributed by atoms with E-state index in [2.05, 4.69) is 27.7 Å². The lowest BCUT2D eigenvalue weighted by Gasteiger charge is -2.25. The molecule has 2 aliphatic rings. The molecular formula is C19H30N3O2+. The SMILES string of the molecule is O=C(C[NH2+]C[C@@H]1CCCO1)Nc1ccccc1N1CCCCCC1. The van der Waals surface area contributed by atoms with Gasteiger partial charge >= 0.3 is 0 Å². The van der Waals surface area contributed by atoms with Crippen LogP contribution in [0, 0.1) is 0 Å². The number of para-hydroxylation sites is 2. The molecule has 1 amide bonds. The minimum absolute atomic E-state index is 0.0651. The van der Waals surface area contributed by atoms with Gasteiger partial charge in [0.1, 0.15) is 12.6 Å². The molecule has 0 saturated carbocycles. The van der Waals surface area contributed by atoms with Gasteiger partial charge in [0, 0.05) is 19.7 Å². The number of anilines is 2. The van der Waals surface area contributed by atoms with E-state index >= 15 is 0 Å². The summed E-state index contributed by atoms with van der Waals surface area (Å²) >= 11 is 0. The first-order chi connectivity index (χ1) is 11.8. The molecule has 2 aliphatic heterocycles. The van der Waals surface area contributed by atoms with Crippen LogP contribution in [0.2, 0.25) is 0 Å². The Bertz CT molecular complexity index is 521. The van der Waals surface area contributed by atoms with Crippen molar-refractivity contribution in [3.8, 4) is 0 Å². The van der Waals surface area contributed by atoms with E-state index in [1.807, 2.05) is 12.1 Å². The second kappa shape index (κ2) is 9.04. The number of benzene rings is 1. The fourth-order valence-corrected chi connectivity index (χ4v) is 3.60. The molecule has 2 saturated heterocycles. The predicted octanol–water partition coefficient (Wildman–Crippen LogP) is 1.75. The second-order valence-electron chi connectivity index (χ2n) is 6.83. The summed E-state index contributed by atoms with van der Waals surface area (Å²) in [7, 11) is 0. The Balaban J connectivity index is 1.52. The fraction of sp³-hybridized carbons (Fsp3) is 0.632. The third-order valence-electron chi connectivity index (χ3n) is 4.91. The number of amides is 1. The number of ether oxygens (including phenoxy) is 1. The predicted molar refractivity (Wildman–Crippen MR) is 96.4 cm³/mol. The first-order valence-corrected chi connectivity index (χ1v) is 9.40. The second-order valence-corrected chi connectivity index (χ2v) is 6.83. The molecular weight excluding hydrogens is 302 g/mol. The van der Waals surface area contributed by atoms with Gasteiger partial charge < -0.3 is 20.3 Å². The maximum Gasteiger partial charge on any atom is 0.279 e. The minimum Gasteiger partial charge on any atom is -0.372 e. The van der Waals surface area contributed by atoms with Gasteiger partial charge in [-0.1, -0.05) is 25.0 Å². The van der Waals surface area contributed by atoms with Crippen LogP contribution in [-0.4, -0.2) is 44.8 Å². The zero-order chi connectivity index (χ0) is 16.6. The molecule has 1 aromatic rings. The van der Waals surface area contributed by atoms with Gasteiger partial charge in [0.15, 0.2) is 6.54 Å². The maximum atomic E-state index is 12.3. The zero-order valence-electron chi connectivity index (χ0n) is 14.5. The summed E-state index contributed by atoms with van der Waals surface area (Å²) in [6, 6.07) is 8.18. The summed E-state index contributed by atoms with van der Waals surface area (Å²) in [5.74, 6) is 0.0651. The van der Waals surface area contributed by atoms with E-state index in [1.54, 1.807) is 0 Å². The van der Waals surface area contributed by atoms with E-state index < -0.39 is 0 Å². The molecule has 0 aromatic heterocycles. The van der Waals surface area contributed by atoms with Crippen molar-refractivity contribution in [2.24, 2.45) is 0 Å². The van der Waals surface area contributed by atoms with Gasteiger partial charge in [0.2, 0.25) is 0 Å². The lowest BCUT2D eigenvalue weighted by molar-refractivity contribution is -0.649. The molecule has 0 aliphatic carbocycles. The molecule has 3 rings (SSSR count). The molecule has 1 aromatic carbocycles. The quantitative estimate of drug-likeness (QED) is 0.834. The van der Waals surface area contributed by atoms with E-state index in [4.69, 9.17) is 4.74 Å². The number of carbonyl (C=O) groups excluding carboxylic acids is 1. The summed E-state index contributed by atoms with van der Waals surface area (Å²) in [6.45, 7) is 4.36. The van der Waals surface area contributed by atoms with Gasteiger partial charge in [-0.15, -0.1) is 0 Å². The van der Waals surface area contributed by atoms with Gasteiger partial charge in [-0.2, -0.15) is 0 Å². The lowest BCUT2D eigenvalue weighted by Crippen LogP contribution is -2.88. The van der Waals surface area contributed by atoms with Crippen molar-refractivity contribution in [3.63, 3.8) is 0 Å². The minimum atomic E-state index is 0.0651. The summed E-state index contributed by atoms with van der Waals surface area (Å²) in [6.07, 6.45) is 7.67. The van der Waals surface area contributed by atoms with Gasteiger partial charge in [0.05, 0.1) is 11.4 Å². The monoisotopic (exact) mass is 332 g/mol. The number of rotatable bonds is 6. The molecule has 132 valence electrons. The van der Waals surface area contributed by atoms with E-state index in [0.29, 0.717) is 12.6 Å². The topological polar surface area (TPSA) is 58.2 Å². The molecule has 5 nitrogen and oxygen atoms in total. The first kappa shape index (κ1) is 17.2. The fourth-order valence-electron chi connectivity index (χ4n) is 3.60. The van der Waals surface area contributed by atoms with Crippen molar-refractivity contribution in [2.75, 3.05) is 43.0 Å². The van der Waals surface area contributed by atoms with Gasteiger partial charge in [0.25, 0.3) is 5.91 Å². The molecule has 0 unspecified atom stereocenters. The Hall–Kier alpha value is -1.59. The highest BCUT2D eigenvalue weighted by Crippen LogP contribution is 2.27. The maximum absolute atomic E-state index is 12.3. The van der Waals surface area contributed by atoms with Crippen LogP contribution in [0.5, 0.6) is 0 Å². The largest absolute Gasteiger partial charge is 0.372 e. The van der Waals surface area contributed by atoms with Crippen molar-refractivity contribution in [1.29, 1.82) is 0 Å². The van der Waals surface area contributed by atoms with Crippen LogP contribution >= 0.6 is 0 Å². The normalized spacial score (nSPS) is 21.5. The molecule has 2 fully saturated rings. The Morgan fingerprint density at radius 3 is 2.71 bits per heavy atom. The van der Waals surface area contributed by atoms with E-state index in [-0.39, 0.29) is 5.91 Å². The molecule has 0 spiro atoms. The Morgan fingerprint density at radius 2 is 1.96 bits per heavy atom. The number of hydrogen-bond donors (Lipinski definition) is 2. The summed E-state index contributed by atoms with van der Waals surface area (Å²) in [5.41, 5.74) is 2.10. The van der Waals surface area contributed by atoms with Crippen molar-refractivity contribution in [3.05, 3.63) is 24.3 Å². The van der Waals surface area contributed by atoms with Crippen LogP contribution in [0.4, 0.5) is 11.4 Å². The zero-order valence-corrected chi connectivity index (χ0v) is 14.5. The molecule has 0 bridgehead atoms. The molecule has 3 N–H and O–H groups in total. The number of carbonyl (C=O) groups is 1. The number of nitrogens with one attached hydrogen (secondary N) is 1. The molecule has 0 radical (unpaired) electrons. The van der Waals surface area contributed by atoms with Crippen LogP contribution in [0.3, 0.4) is 0 Å². The van der Waals surface area contributed by atoms with Crippen molar-refractivity contribution in [2.45, 2.75) is 44.6 Å². The third kappa shape index (κ3) is 4.95. The van der Waals surface area contributed by atoms with Gasteiger partial charge in [-0.05, 0) is 37.8 Å². The Morgan fingerprint density at radius 1 is 1.17 bits per heavy atom. The van der Waals surface area contributed by atoms with Crippen LogP contribution in [0.1, 0.15) is 38.5 Å². The lowest BCUT2D eigenvalue weighted by atomic mass is 10.2. The first-order valence-electron chi connectivity index (χ1n) is 9.40. The molecule has 1 atom stereocenters.